The Labute approximate surface area is 240 Å². The molecule has 1 heterocycles. The molecule has 8 atom stereocenters. The highest BCUT2D eigenvalue weighted by Crippen LogP contribution is 2.71. The molecule has 0 aromatic heterocycles. The second-order valence-corrected chi connectivity index (χ2v) is 15.6. The fraction of sp³-hybridized carbons (Fsp3) is 0.893. The van der Waals surface area contributed by atoms with Crippen LogP contribution in [-0.4, -0.2) is 67.3 Å². The Morgan fingerprint density at radius 1 is 0.929 bits per heavy atom. The molecule has 7 aliphatic carbocycles. The third-order valence-electron chi connectivity index (χ3n) is 12.2. The second kappa shape index (κ2) is 9.04. The highest BCUT2D eigenvalue weighted by atomic mass is 32.2. The Kier molecular flexibility index (Phi) is 6.20. The molecular weight excluding hydrogens is 588 g/mol. The van der Waals surface area contributed by atoms with Crippen molar-refractivity contribution in [3.8, 4) is 0 Å². The van der Waals surface area contributed by atoms with Gasteiger partial charge in [0.25, 0.3) is 0 Å². The van der Waals surface area contributed by atoms with Crippen molar-refractivity contribution in [2.45, 2.75) is 88.3 Å². The van der Waals surface area contributed by atoms with Crippen LogP contribution in [0.3, 0.4) is 0 Å². The molecule has 0 N–H and O–H groups in total. The maximum Gasteiger partial charge on any atom is 0.312 e. The zero-order valence-corrected chi connectivity index (χ0v) is 23.6. The van der Waals surface area contributed by atoms with Gasteiger partial charge in [0.15, 0.2) is 0 Å². The van der Waals surface area contributed by atoms with Crippen molar-refractivity contribution in [1.29, 1.82) is 0 Å². The minimum absolute atomic E-state index is 0.00595. The van der Waals surface area contributed by atoms with Crippen molar-refractivity contribution < 1.29 is 59.1 Å². The molecule has 42 heavy (non-hydrogen) atoms. The van der Waals surface area contributed by atoms with Crippen LogP contribution >= 0.6 is 0 Å². The minimum Gasteiger partial charge on any atom is -0.748 e. The number of ether oxygens (including phenoxy) is 3. The lowest BCUT2D eigenvalue weighted by Gasteiger charge is -2.65. The number of halogens is 4. The monoisotopic (exact) mass is 621 g/mol. The molecule has 8 rings (SSSR count). The first-order valence-corrected chi connectivity index (χ1v) is 16.4. The molecule has 7 saturated carbocycles. The molecule has 1 saturated heterocycles. The summed E-state index contributed by atoms with van der Waals surface area (Å²) in [4.78, 5) is 39.6. The summed E-state index contributed by atoms with van der Waals surface area (Å²) in [6.07, 6.45) is -0.223. The largest absolute Gasteiger partial charge is 0.748 e. The van der Waals surface area contributed by atoms with Crippen LogP contribution in [0.2, 0.25) is 0 Å². The molecule has 14 heteroatoms. The summed E-state index contributed by atoms with van der Waals surface area (Å²) in [5.74, 6) is -13.8. The number of esters is 3. The standard InChI is InChI=1S/C28H34F4O9S/c29-27(30)3-1-26(2-4-28(27,31)32)14-7-13-8-15(26)12-25(10-13,11-14)24(35)41-21-16-9-17-19(23(34)40-20(17)21)18(16)22(33)39-5-6-42(36,37)38/h13-21H,1-12H2,(H,36,37,38)/p-1. The van der Waals surface area contributed by atoms with E-state index < -0.39 is 106 Å². The highest BCUT2D eigenvalue weighted by Gasteiger charge is 2.72. The normalized spacial score (nSPS) is 45.1. The van der Waals surface area contributed by atoms with Gasteiger partial charge in [-0.15, -0.1) is 0 Å². The number of alkyl halides is 4. The number of hydrogen-bond donors (Lipinski definition) is 0. The smallest absolute Gasteiger partial charge is 0.312 e. The van der Waals surface area contributed by atoms with Crippen molar-refractivity contribution in [3.05, 3.63) is 0 Å². The molecule has 1 spiro atoms. The topological polar surface area (TPSA) is 136 Å². The summed E-state index contributed by atoms with van der Waals surface area (Å²) in [6.45, 7) is -0.652. The third kappa shape index (κ3) is 4.08. The third-order valence-corrected chi connectivity index (χ3v) is 12.9. The van der Waals surface area contributed by atoms with E-state index >= 15 is 0 Å². The maximum atomic E-state index is 14.3. The van der Waals surface area contributed by atoms with Crippen LogP contribution in [0.25, 0.3) is 0 Å². The SMILES string of the molecule is O=C1OC2C3CC(C2OC(=O)C24CC5CC(C2)C2(CCC(F)(F)C(F)(F)CC2)C(C5)C4)C(C(=O)OCCS(=O)(=O)[O-])C13. The molecule has 0 radical (unpaired) electrons. The average molecular weight is 622 g/mol. The lowest BCUT2D eigenvalue weighted by Crippen LogP contribution is -2.60. The number of rotatable bonds is 6. The Hall–Kier alpha value is -1.96. The van der Waals surface area contributed by atoms with Crippen LogP contribution in [0, 0.1) is 52.3 Å². The van der Waals surface area contributed by atoms with Gasteiger partial charge in [0, 0.05) is 24.7 Å². The highest BCUT2D eigenvalue weighted by molar-refractivity contribution is 7.85. The zero-order chi connectivity index (χ0) is 30.0. The van der Waals surface area contributed by atoms with Gasteiger partial charge in [0.1, 0.15) is 18.8 Å². The number of carbonyl (C=O) groups excluding carboxylic acids is 3. The predicted molar refractivity (Wildman–Crippen MR) is 131 cm³/mol. The van der Waals surface area contributed by atoms with E-state index in [1.807, 2.05) is 0 Å². The molecule has 9 nitrogen and oxygen atoms in total. The molecule has 6 bridgehead atoms. The summed E-state index contributed by atoms with van der Waals surface area (Å²) in [6, 6.07) is 0. The van der Waals surface area contributed by atoms with E-state index in [0.717, 1.165) is 0 Å². The Morgan fingerprint density at radius 2 is 1.55 bits per heavy atom. The van der Waals surface area contributed by atoms with Gasteiger partial charge in [-0.25, -0.2) is 8.42 Å². The van der Waals surface area contributed by atoms with Gasteiger partial charge in [-0.05, 0) is 74.5 Å². The summed E-state index contributed by atoms with van der Waals surface area (Å²) >= 11 is 0. The van der Waals surface area contributed by atoms with E-state index in [1.165, 1.54) is 0 Å². The van der Waals surface area contributed by atoms with Crippen LogP contribution in [-0.2, 0) is 38.7 Å². The van der Waals surface area contributed by atoms with Crippen molar-refractivity contribution in [2.24, 2.45) is 52.3 Å². The quantitative estimate of drug-likeness (QED) is 0.189. The average Bonchev–Trinajstić information content (AvgIpc) is 3.48. The number of carbonyl (C=O) groups is 3. The minimum atomic E-state index is -4.61. The summed E-state index contributed by atoms with van der Waals surface area (Å²) < 4.78 is 107. The fourth-order valence-corrected chi connectivity index (χ4v) is 10.9. The molecule has 8 fully saturated rings. The van der Waals surface area contributed by atoms with E-state index in [1.54, 1.807) is 0 Å². The van der Waals surface area contributed by atoms with Gasteiger partial charge in [-0.3, -0.25) is 14.4 Å². The van der Waals surface area contributed by atoms with E-state index in [4.69, 9.17) is 14.2 Å². The van der Waals surface area contributed by atoms with E-state index in [-0.39, 0.29) is 36.5 Å². The number of hydrogen-bond acceptors (Lipinski definition) is 9. The van der Waals surface area contributed by atoms with Crippen molar-refractivity contribution in [1.82, 2.24) is 0 Å². The maximum absolute atomic E-state index is 14.3. The van der Waals surface area contributed by atoms with Crippen LogP contribution in [0.5, 0.6) is 0 Å². The second-order valence-electron chi connectivity index (χ2n) is 14.1. The van der Waals surface area contributed by atoms with Gasteiger partial charge in [-0.1, -0.05) is 0 Å². The van der Waals surface area contributed by atoms with Gasteiger partial charge in [-0.2, -0.15) is 17.6 Å². The molecule has 0 aromatic carbocycles. The van der Waals surface area contributed by atoms with Crippen molar-refractivity contribution in [2.75, 3.05) is 12.4 Å². The van der Waals surface area contributed by atoms with Crippen molar-refractivity contribution in [3.63, 3.8) is 0 Å². The molecule has 0 amide bonds. The molecule has 1 aliphatic heterocycles. The first kappa shape index (κ1) is 28.8. The van der Waals surface area contributed by atoms with Crippen LogP contribution < -0.4 is 0 Å². The summed E-state index contributed by atoms with van der Waals surface area (Å²) in [5.41, 5.74) is -1.54. The van der Waals surface area contributed by atoms with Crippen LogP contribution in [0.15, 0.2) is 0 Å². The van der Waals surface area contributed by atoms with Crippen molar-refractivity contribution >= 4 is 28.0 Å². The zero-order valence-electron chi connectivity index (χ0n) is 22.8. The Balaban J connectivity index is 1.08. The van der Waals surface area contributed by atoms with Gasteiger partial charge in [0.2, 0.25) is 0 Å². The van der Waals surface area contributed by atoms with Gasteiger partial charge in [0.05, 0.1) is 33.1 Å². The molecule has 8 unspecified atom stereocenters. The lowest BCUT2D eigenvalue weighted by molar-refractivity contribution is -0.210. The van der Waals surface area contributed by atoms with E-state index in [9.17, 15) is 44.9 Å². The molecule has 234 valence electrons. The lowest BCUT2D eigenvalue weighted by atomic mass is 9.39. The molecule has 0 aromatic rings. The number of fused-ring (bicyclic) bond motifs is 1. The van der Waals surface area contributed by atoms with Crippen LogP contribution in [0.1, 0.15) is 64.2 Å². The summed E-state index contributed by atoms with van der Waals surface area (Å²) in [5, 5.41) is 0. The first-order valence-electron chi connectivity index (χ1n) is 14.8. The van der Waals surface area contributed by atoms with Gasteiger partial charge >= 0.3 is 29.8 Å². The fourth-order valence-electron chi connectivity index (χ4n) is 10.6. The van der Waals surface area contributed by atoms with E-state index in [2.05, 4.69) is 0 Å². The Bertz CT molecular complexity index is 1280. The summed E-state index contributed by atoms with van der Waals surface area (Å²) in [7, 11) is -4.61. The van der Waals surface area contributed by atoms with Crippen LogP contribution in [0.4, 0.5) is 17.6 Å². The predicted octanol–water partition coefficient (Wildman–Crippen LogP) is 3.45. The first-order chi connectivity index (χ1) is 19.6. The van der Waals surface area contributed by atoms with Gasteiger partial charge < -0.3 is 18.8 Å². The Morgan fingerprint density at radius 3 is 2.14 bits per heavy atom. The molecular formula is C28H33F4O9S-. The van der Waals surface area contributed by atoms with E-state index in [0.29, 0.717) is 38.5 Å². The molecule has 8 aliphatic rings.